The molecule has 1 heterocycles. The van der Waals surface area contributed by atoms with Gasteiger partial charge in [0.25, 0.3) is 5.56 Å². The van der Waals surface area contributed by atoms with E-state index in [0.29, 0.717) is 16.9 Å². The summed E-state index contributed by atoms with van der Waals surface area (Å²) in [4.78, 5) is 12.7. The molecule has 3 rings (SSSR count). The number of nitrogens with zero attached hydrogens (tertiary/aromatic N) is 1. The van der Waals surface area contributed by atoms with Crippen LogP contribution in [0.3, 0.4) is 0 Å². The van der Waals surface area contributed by atoms with E-state index in [1.165, 1.54) is 0 Å². The molecule has 106 valence electrons. The molecule has 0 aliphatic carbocycles. The second-order valence-electron chi connectivity index (χ2n) is 4.62. The molecule has 0 atom stereocenters. The summed E-state index contributed by atoms with van der Waals surface area (Å²) < 4.78 is 12.2. The molecule has 0 N–H and O–H groups in total. The number of aromatic nitrogens is 1. The third-order valence-corrected chi connectivity index (χ3v) is 3.44. The third kappa shape index (κ3) is 2.25. The minimum Gasteiger partial charge on any atom is -0.493 e. The van der Waals surface area contributed by atoms with Gasteiger partial charge in [-0.3, -0.25) is 9.36 Å². The van der Waals surface area contributed by atoms with Crippen LogP contribution in [0.15, 0.2) is 59.5 Å². The first-order valence-electron chi connectivity index (χ1n) is 6.57. The van der Waals surface area contributed by atoms with Gasteiger partial charge in [-0.05, 0) is 35.7 Å². The van der Waals surface area contributed by atoms with Gasteiger partial charge in [0, 0.05) is 11.9 Å². The highest BCUT2D eigenvalue weighted by Gasteiger charge is 2.10. The monoisotopic (exact) mass is 281 g/mol. The fourth-order valence-corrected chi connectivity index (χ4v) is 2.36. The van der Waals surface area contributed by atoms with Crippen molar-refractivity contribution in [2.24, 2.45) is 0 Å². The summed E-state index contributed by atoms with van der Waals surface area (Å²) in [5.74, 6) is 1.16. The molecular formula is C17H15NO3. The molecule has 0 bridgehead atoms. The van der Waals surface area contributed by atoms with Gasteiger partial charge in [-0.15, -0.1) is 0 Å². The minimum atomic E-state index is -0.0837. The Labute approximate surface area is 122 Å². The Morgan fingerprint density at radius 1 is 0.905 bits per heavy atom. The zero-order valence-electron chi connectivity index (χ0n) is 11.9. The van der Waals surface area contributed by atoms with Crippen LogP contribution in [0.2, 0.25) is 0 Å². The largest absolute Gasteiger partial charge is 0.493 e. The standard InChI is InChI=1S/C17H15NO3/c1-20-15-10-12-8-9-18(13-6-4-3-5-7-13)17(19)14(12)11-16(15)21-2/h3-11H,1-2H3. The van der Waals surface area contributed by atoms with Crippen LogP contribution in [-0.4, -0.2) is 18.8 Å². The number of ether oxygens (including phenoxy) is 2. The lowest BCUT2D eigenvalue weighted by Gasteiger charge is -2.11. The van der Waals surface area contributed by atoms with Crippen LogP contribution in [0.25, 0.3) is 16.5 Å². The van der Waals surface area contributed by atoms with Gasteiger partial charge in [-0.2, -0.15) is 0 Å². The molecule has 2 aromatic carbocycles. The second kappa shape index (κ2) is 5.32. The van der Waals surface area contributed by atoms with Gasteiger partial charge >= 0.3 is 0 Å². The SMILES string of the molecule is COc1cc2ccn(-c3ccccc3)c(=O)c2cc1OC. The lowest BCUT2D eigenvalue weighted by atomic mass is 10.1. The van der Waals surface area contributed by atoms with Crippen LogP contribution < -0.4 is 15.0 Å². The molecule has 3 aromatic rings. The van der Waals surface area contributed by atoms with Crippen molar-refractivity contribution in [2.75, 3.05) is 14.2 Å². The Morgan fingerprint density at radius 2 is 1.57 bits per heavy atom. The zero-order valence-corrected chi connectivity index (χ0v) is 11.9. The molecule has 0 aliphatic rings. The van der Waals surface area contributed by atoms with E-state index in [2.05, 4.69) is 0 Å². The van der Waals surface area contributed by atoms with E-state index in [9.17, 15) is 4.79 Å². The Morgan fingerprint density at radius 3 is 2.24 bits per heavy atom. The number of rotatable bonds is 3. The van der Waals surface area contributed by atoms with Crippen molar-refractivity contribution in [3.05, 3.63) is 65.1 Å². The number of hydrogen-bond acceptors (Lipinski definition) is 3. The quantitative estimate of drug-likeness (QED) is 0.741. The van der Waals surface area contributed by atoms with Gasteiger partial charge in [-0.25, -0.2) is 0 Å². The van der Waals surface area contributed by atoms with Crippen LogP contribution in [0.4, 0.5) is 0 Å². The number of para-hydroxylation sites is 1. The van der Waals surface area contributed by atoms with Gasteiger partial charge in [0.05, 0.1) is 19.6 Å². The minimum absolute atomic E-state index is 0.0837. The average Bonchev–Trinajstić information content (AvgIpc) is 2.55. The Balaban J connectivity index is 2.28. The summed E-state index contributed by atoms with van der Waals surface area (Å²) in [5, 5.41) is 1.42. The lowest BCUT2D eigenvalue weighted by Crippen LogP contribution is -2.17. The molecule has 0 fully saturated rings. The molecule has 0 spiro atoms. The van der Waals surface area contributed by atoms with Crippen molar-refractivity contribution in [1.29, 1.82) is 0 Å². The van der Waals surface area contributed by atoms with Crippen molar-refractivity contribution < 1.29 is 9.47 Å². The topological polar surface area (TPSA) is 40.5 Å². The maximum absolute atomic E-state index is 12.7. The van der Waals surface area contributed by atoms with Gasteiger partial charge in [-0.1, -0.05) is 18.2 Å². The van der Waals surface area contributed by atoms with Crippen molar-refractivity contribution in [3.63, 3.8) is 0 Å². The lowest BCUT2D eigenvalue weighted by molar-refractivity contribution is 0.356. The zero-order chi connectivity index (χ0) is 14.8. The van der Waals surface area contributed by atoms with E-state index >= 15 is 0 Å². The van der Waals surface area contributed by atoms with Crippen LogP contribution in [0.1, 0.15) is 0 Å². The molecular weight excluding hydrogens is 266 g/mol. The molecule has 1 aromatic heterocycles. The number of hydrogen-bond donors (Lipinski definition) is 0. The molecule has 0 saturated heterocycles. The van der Waals surface area contributed by atoms with E-state index in [1.54, 1.807) is 31.0 Å². The number of methoxy groups -OCH3 is 2. The fraction of sp³-hybridized carbons (Fsp3) is 0.118. The number of fused-ring (bicyclic) bond motifs is 1. The molecule has 4 heteroatoms. The first-order valence-corrected chi connectivity index (χ1v) is 6.57. The predicted molar refractivity (Wildman–Crippen MR) is 82.6 cm³/mol. The second-order valence-corrected chi connectivity index (χ2v) is 4.62. The first kappa shape index (κ1) is 13.2. The maximum Gasteiger partial charge on any atom is 0.263 e. The third-order valence-electron chi connectivity index (χ3n) is 3.44. The van der Waals surface area contributed by atoms with E-state index < -0.39 is 0 Å². The number of benzene rings is 2. The van der Waals surface area contributed by atoms with Crippen molar-refractivity contribution in [2.45, 2.75) is 0 Å². The highest BCUT2D eigenvalue weighted by Crippen LogP contribution is 2.30. The first-order chi connectivity index (χ1) is 10.2. The molecule has 0 aliphatic heterocycles. The van der Waals surface area contributed by atoms with E-state index in [-0.39, 0.29) is 5.56 Å². The van der Waals surface area contributed by atoms with E-state index in [4.69, 9.17) is 9.47 Å². The fourth-order valence-electron chi connectivity index (χ4n) is 2.36. The van der Waals surface area contributed by atoms with Gasteiger partial charge in [0.2, 0.25) is 0 Å². The molecule has 4 nitrogen and oxygen atoms in total. The summed E-state index contributed by atoms with van der Waals surface area (Å²) in [7, 11) is 3.14. The smallest absolute Gasteiger partial charge is 0.263 e. The normalized spacial score (nSPS) is 10.6. The van der Waals surface area contributed by atoms with Gasteiger partial charge in [0.1, 0.15) is 0 Å². The van der Waals surface area contributed by atoms with Crippen LogP contribution in [0.5, 0.6) is 11.5 Å². The summed E-state index contributed by atoms with van der Waals surface area (Å²) in [6, 6.07) is 14.9. The molecule has 21 heavy (non-hydrogen) atoms. The molecule has 0 amide bonds. The Kier molecular flexibility index (Phi) is 3.36. The maximum atomic E-state index is 12.7. The number of pyridine rings is 1. The predicted octanol–water partition coefficient (Wildman–Crippen LogP) is 3.01. The Hall–Kier alpha value is -2.75. The van der Waals surface area contributed by atoms with Crippen LogP contribution in [0, 0.1) is 0 Å². The Bertz CT molecular complexity index is 838. The van der Waals surface area contributed by atoms with Crippen LogP contribution in [-0.2, 0) is 0 Å². The summed E-state index contributed by atoms with van der Waals surface area (Å²) in [6.45, 7) is 0. The van der Waals surface area contributed by atoms with Crippen molar-refractivity contribution in [1.82, 2.24) is 4.57 Å². The molecule has 0 radical (unpaired) electrons. The summed E-state index contributed by atoms with van der Waals surface area (Å²) in [6.07, 6.45) is 1.77. The molecule has 0 unspecified atom stereocenters. The van der Waals surface area contributed by atoms with E-state index in [0.717, 1.165) is 11.1 Å². The van der Waals surface area contributed by atoms with Gasteiger partial charge < -0.3 is 9.47 Å². The van der Waals surface area contributed by atoms with E-state index in [1.807, 2.05) is 42.5 Å². The highest BCUT2D eigenvalue weighted by atomic mass is 16.5. The highest BCUT2D eigenvalue weighted by molar-refractivity contribution is 5.85. The average molecular weight is 281 g/mol. The van der Waals surface area contributed by atoms with Crippen LogP contribution >= 0.6 is 0 Å². The van der Waals surface area contributed by atoms with Crippen molar-refractivity contribution >= 4 is 10.8 Å². The summed E-state index contributed by atoms with van der Waals surface area (Å²) in [5.41, 5.74) is 0.749. The summed E-state index contributed by atoms with van der Waals surface area (Å²) >= 11 is 0. The van der Waals surface area contributed by atoms with Gasteiger partial charge in [0.15, 0.2) is 11.5 Å². The molecule has 0 saturated carbocycles. The van der Waals surface area contributed by atoms with Crippen molar-refractivity contribution in [3.8, 4) is 17.2 Å².